The molecule has 0 atom stereocenters. The molecule has 1 saturated carbocycles. The van der Waals surface area contributed by atoms with E-state index in [1.807, 2.05) is 6.92 Å². The Hall–Kier alpha value is -2.01. The molecule has 2 aliphatic rings. The molecule has 1 aromatic rings. The molecule has 1 aromatic carbocycles. The normalized spacial score (nSPS) is 19.4. The Morgan fingerprint density at radius 3 is 2.48 bits per heavy atom. The molecule has 1 heterocycles. The van der Waals surface area contributed by atoms with Crippen molar-refractivity contribution < 1.29 is 14.3 Å². The molecule has 134 valence electrons. The number of hydrogen-bond acceptors (Lipinski definition) is 4. The van der Waals surface area contributed by atoms with Gasteiger partial charge in [-0.3, -0.25) is 9.59 Å². The molecule has 25 heavy (non-hydrogen) atoms. The van der Waals surface area contributed by atoms with E-state index in [1.165, 1.54) is 12.8 Å². The van der Waals surface area contributed by atoms with Crippen LogP contribution in [0.25, 0.3) is 0 Å². The Morgan fingerprint density at radius 1 is 1.12 bits per heavy atom. The molecule has 0 bridgehead atoms. The van der Waals surface area contributed by atoms with Crippen LogP contribution < -0.4 is 15.0 Å². The zero-order chi connectivity index (χ0) is 17.8. The highest BCUT2D eigenvalue weighted by molar-refractivity contribution is 6.52. The first-order chi connectivity index (χ1) is 12.1. The maximum atomic E-state index is 12.9. The van der Waals surface area contributed by atoms with Gasteiger partial charge in [-0.05, 0) is 31.9 Å². The summed E-state index contributed by atoms with van der Waals surface area (Å²) >= 11 is 6.22. The number of rotatable bonds is 5. The highest BCUT2D eigenvalue weighted by Gasteiger charge is 2.40. The van der Waals surface area contributed by atoms with Crippen LogP contribution in [0.2, 0.25) is 0 Å². The number of anilines is 1. The predicted molar refractivity (Wildman–Crippen MR) is 97.6 cm³/mol. The first kappa shape index (κ1) is 17.8. The molecule has 0 spiro atoms. The summed E-state index contributed by atoms with van der Waals surface area (Å²) in [6.07, 6.45) is 6.66. The summed E-state index contributed by atoms with van der Waals surface area (Å²) in [5.74, 6) is -0.423. The maximum absolute atomic E-state index is 12.9. The Bertz CT molecular complexity index is 694. The molecule has 1 N–H and O–H groups in total. The molecular formula is C19H23ClN2O3. The largest absolute Gasteiger partial charge is 0.492 e. The second-order valence-electron chi connectivity index (χ2n) is 6.37. The van der Waals surface area contributed by atoms with Crippen LogP contribution in [0, 0.1) is 0 Å². The number of para-hydroxylation sites is 2. The van der Waals surface area contributed by atoms with Gasteiger partial charge in [0.25, 0.3) is 11.8 Å². The molecule has 0 unspecified atom stereocenters. The lowest BCUT2D eigenvalue weighted by atomic mass is 10.1. The second kappa shape index (κ2) is 7.91. The SMILES string of the molecule is CCOc1ccccc1N1C(=O)C(Cl)=C(NC2CCCCCC2)C1=O. The van der Waals surface area contributed by atoms with E-state index >= 15 is 0 Å². The van der Waals surface area contributed by atoms with Crippen molar-refractivity contribution in [3.63, 3.8) is 0 Å². The minimum atomic E-state index is -0.505. The number of carbonyl (C=O) groups is 2. The fourth-order valence-electron chi connectivity index (χ4n) is 3.39. The van der Waals surface area contributed by atoms with Gasteiger partial charge in [-0.25, -0.2) is 4.90 Å². The van der Waals surface area contributed by atoms with Gasteiger partial charge in [0.2, 0.25) is 0 Å². The summed E-state index contributed by atoms with van der Waals surface area (Å²) < 4.78 is 5.55. The topological polar surface area (TPSA) is 58.6 Å². The van der Waals surface area contributed by atoms with E-state index in [4.69, 9.17) is 16.3 Å². The lowest BCUT2D eigenvalue weighted by Crippen LogP contribution is -2.36. The highest BCUT2D eigenvalue weighted by atomic mass is 35.5. The summed E-state index contributed by atoms with van der Waals surface area (Å²) in [7, 11) is 0. The summed E-state index contributed by atoms with van der Waals surface area (Å²) in [6, 6.07) is 7.19. The highest BCUT2D eigenvalue weighted by Crippen LogP contribution is 2.35. The number of nitrogens with zero attached hydrogens (tertiary/aromatic N) is 1. The molecule has 3 rings (SSSR count). The van der Waals surface area contributed by atoms with Crippen molar-refractivity contribution >= 4 is 29.1 Å². The average molecular weight is 363 g/mol. The zero-order valence-corrected chi connectivity index (χ0v) is 15.1. The van der Waals surface area contributed by atoms with Crippen molar-refractivity contribution in [1.29, 1.82) is 0 Å². The summed E-state index contributed by atoms with van der Waals surface area (Å²) in [5.41, 5.74) is 0.639. The smallest absolute Gasteiger partial charge is 0.283 e. The molecular weight excluding hydrogens is 340 g/mol. The minimum absolute atomic E-state index is 0.0412. The van der Waals surface area contributed by atoms with E-state index < -0.39 is 11.8 Å². The molecule has 0 aromatic heterocycles. The Labute approximate surface area is 153 Å². The third kappa shape index (κ3) is 3.66. The number of imide groups is 1. The molecule has 6 heteroatoms. The van der Waals surface area contributed by atoms with Crippen LogP contribution in [-0.2, 0) is 9.59 Å². The van der Waals surface area contributed by atoms with Crippen LogP contribution in [0.3, 0.4) is 0 Å². The summed E-state index contributed by atoms with van der Waals surface area (Å²) in [5, 5.41) is 3.19. The van der Waals surface area contributed by atoms with Gasteiger partial charge in [-0.2, -0.15) is 0 Å². The number of amides is 2. The molecule has 1 fully saturated rings. The molecule has 0 saturated heterocycles. The van der Waals surface area contributed by atoms with Gasteiger partial charge in [-0.1, -0.05) is 49.4 Å². The van der Waals surface area contributed by atoms with Gasteiger partial charge < -0.3 is 10.1 Å². The van der Waals surface area contributed by atoms with Crippen molar-refractivity contribution in [1.82, 2.24) is 5.32 Å². The quantitative estimate of drug-likeness (QED) is 0.640. The molecule has 0 radical (unpaired) electrons. The van der Waals surface area contributed by atoms with E-state index in [0.29, 0.717) is 18.0 Å². The average Bonchev–Trinajstić information content (AvgIpc) is 2.82. The number of ether oxygens (including phenoxy) is 1. The van der Waals surface area contributed by atoms with E-state index in [0.717, 1.165) is 30.6 Å². The fourth-order valence-corrected chi connectivity index (χ4v) is 3.61. The molecule has 1 aliphatic carbocycles. The predicted octanol–water partition coefficient (Wildman–Crippen LogP) is 3.72. The van der Waals surface area contributed by atoms with E-state index in [9.17, 15) is 9.59 Å². The van der Waals surface area contributed by atoms with Crippen LogP contribution in [0.1, 0.15) is 45.4 Å². The minimum Gasteiger partial charge on any atom is -0.492 e. The van der Waals surface area contributed by atoms with Crippen LogP contribution in [0.5, 0.6) is 5.75 Å². The molecule has 2 amide bonds. The van der Waals surface area contributed by atoms with Crippen LogP contribution >= 0.6 is 11.6 Å². The first-order valence-corrected chi connectivity index (χ1v) is 9.28. The summed E-state index contributed by atoms with van der Waals surface area (Å²) in [4.78, 5) is 26.6. The maximum Gasteiger partial charge on any atom is 0.283 e. The van der Waals surface area contributed by atoms with Gasteiger partial charge in [0.05, 0.1) is 12.3 Å². The van der Waals surface area contributed by atoms with Gasteiger partial charge in [0.1, 0.15) is 16.5 Å². The van der Waals surface area contributed by atoms with Gasteiger partial charge in [0.15, 0.2) is 0 Å². The van der Waals surface area contributed by atoms with Gasteiger partial charge >= 0.3 is 0 Å². The van der Waals surface area contributed by atoms with Crippen LogP contribution in [0.4, 0.5) is 5.69 Å². The van der Waals surface area contributed by atoms with Crippen molar-refractivity contribution in [3.05, 3.63) is 35.0 Å². The lowest BCUT2D eigenvalue weighted by Gasteiger charge is -2.20. The Morgan fingerprint density at radius 2 is 1.80 bits per heavy atom. The third-order valence-corrected chi connectivity index (χ3v) is 4.99. The zero-order valence-electron chi connectivity index (χ0n) is 14.4. The standard InChI is InChI=1S/C19H23ClN2O3/c1-2-25-15-12-8-7-11-14(15)22-18(23)16(20)17(19(22)24)21-13-9-5-3-4-6-10-13/h7-8,11-13,21H,2-6,9-10H2,1H3. The Kier molecular flexibility index (Phi) is 5.63. The second-order valence-corrected chi connectivity index (χ2v) is 6.75. The third-order valence-electron chi connectivity index (χ3n) is 4.64. The van der Waals surface area contributed by atoms with E-state index in [2.05, 4.69) is 5.32 Å². The summed E-state index contributed by atoms with van der Waals surface area (Å²) in [6.45, 7) is 2.30. The van der Waals surface area contributed by atoms with Gasteiger partial charge in [0, 0.05) is 6.04 Å². The number of hydrogen-bond donors (Lipinski definition) is 1. The number of nitrogens with one attached hydrogen (secondary N) is 1. The van der Waals surface area contributed by atoms with Crippen molar-refractivity contribution in [2.24, 2.45) is 0 Å². The monoisotopic (exact) mass is 362 g/mol. The first-order valence-electron chi connectivity index (χ1n) is 8.90. The van der Waals surface area contributed by atoms with Crippen molar-refractivity contribution in [2.45, 2.75) is 51.5 Å². The number of halogens is 1. The lowest BCUT2D eigenvalue weighted by molar-refractivity contribution is -0.120. The van der Waals surface area contributed by atoms with Gasteiger partial charge in [-0.15, -0.1) is 0 Å². The number of carbonyl (C=O) groups excluding carboxylic acids is 2. The van der Waals surface area contributed by atoms with Crippen molar-refractivity contribution in [3.8, 4) is 5.75 Å². The van der Waals surface area contributed by atoms with E-state index in [-0.39, 0.29) is 16.8 Å². The van der Waals surface area contributed by atoms with E-state index in [1.54, 1.807) is 24.3 Å². The molecule has 1 aliphatic heterocycles. The van der Waals surface area contributed by atoms with Crippen molar-refractivity contribution in [2.75, 3.05) is 11.5 Å². The number of benzene rings is 1. The van der Waals surface area contributed by atoms with Crippen LogP contribution in [-0.4, -0.2) is 24.5 Å². The Balaban J connectivity index is 1.84. The van der Waals surface area contributed by atoms with Crippen LogP contribution in [0.15, 0.2) is 35.0 Å². The molecule has 5 nitrogen and oxygen atoms in total. The fraction of sp³-hybridized carbons (Fsp3) is 0.474.